The molecule has 0 spiro atoms. The summed E-state index contributed by atoms with van der Waals surface area (Å²) in [5.74, 6) is 0.863. The van der Waals surface area contributed by atoms with E-state index in [0.29, 0.717) is 0 Å². The van der Waals surface area contributed by atoms with E-state index in [1.54, 1.807) is 7.11 Å². The number of rotatable bonds is 5. The summed E-state index contributed by atoms with van der Waals surface area (Å²) in [6.07, 6.45) is 1.09. The van der Waals surface area contributed by atoms with Crippen molar-refractivity contribution in [1.82, 2.24) is 0 Å². The maximum atomic E-state index is 5.38. The van der Waals surface area contributed by atoms with E-state index in [9.17, 15) is 0 Å². The molecule has 2 nitrogen and oxygen atoms in total. The molecule has 0 aliphatic carbocycles. The molecule has 0 aliphatic heterocycles. The molecule has 1 N–H and O–H groups in total. The lowest BCUT2D eigenvalue weighted by Gasteiger charge is -2.16. The van der Waals surface area contributed by atoms with Crippen LogP contribution in [0.4, 0.5) is 5.69 Å². The second-order valence-electron chi connectivity index (χ2n) is 4.37. The van der Waals surface area contributed by atoms with Crippen LogP contribution in [0.15, 0.2) is 34.8 Å². The van der Waals surface area contributed by atoms with E-state index in [1.807, 2.05) is 29.5 Å². The van der Waals surface area contributed by atoms with E-state index in [1.165, 1.54) is 9.75 Å². The standard InChI is InChI=1S/C15H18BrNOS/c1-4-12-6-8-15(19-12)10(2)17-13-9-11(16)5-7-14(13)18-3/h5-10,17H,4H2,1-3H3. The largest absolute Gasteiger partial charge is 0.495 e. The molecule has 0 aliphatic rings. The Morgan fingerprint density at radius 3 is 2.74 bits per heavy atom. The van der Waals surface area contributed by atoms with Gasteiger partial charge in [-0.1, -0.05) is 22.9 Å². The maximum absolute atomic E-state index is 5.38. The zero-order chi connectivity index (χ0) is 13.8. The SMILES string of the molecule is CCc1ccc(C(C)Nc2cc(Br)ccc2OC)s1. The molecule has 19 heavy (non-hydrogen) atoms. The zero-order valence-corrected chi connectivity index (χ0v) is 13.8. The van der Waals surface area contributed by atoms with Gasteiger partial charge in [0.25, 0.3) is 0 Å². The summed E-state index contributed by atoms with van der Waals surface area (Å²) in [5, 5.41) is 3.51. The Morgan fingerprint density at radius 2 is 2.11 bits per heavy atom. The van der Waals surface area contributed by atoms with Gasteiger partial charge in [0.15, 0.2) is 0 Å². The first-order valence-corrected chi connectivity index (χ1v) is 7.93. The average Bonchev–Trinajstić information content (AvgIpc) is 2.88. The summed E-state index contributed by atoms with van der Waals surface area (Å²) in [6.45, 7) is 4.36. The van der Waals surface area contributed by atoms with Crippen LogP contribution in [0.3, 0.4) is 0 Å². The van der Waals surface area contributed by atoms with Crippen molar-refractivity contribution in [2.24, 2.45) is 0 Å². The predicted octanol–water partition coefficient (Wildman–Crippen LogP) is 5.25. The van der Waals surface area contributed by atoms with Crippen LogP contribution in [0.25, 0.3) is 0 Å². The molecule has 4 heteroatoms. The topological polar surface area (TPSA) is 21.3 Å². The van der Waals surface area contributed by atoms with Crippen molar-refractivity contribution >= 4 is 33.0 Å². The fraction of sp³-hybridized carbons (Fsp3) is 0.333. The van der Waals surface area contributed by atoms with Crippen molar-refractivity contribution < 1.29 is 4.74 Å². The molecule has 1 heterocycles. The van der Waals surface area contributed by atoms with E-state index >= 15 is 0 Å². The molecule has 0 amide bonds. The Hall–Kier alpha value is -1.00. The number of benzene rings is 1. The molecule has 1 atom stereocenters. The molecule has 2 rings (SSSR count). The molecule has 0 radical (unpaired) electrons. The van der Waals surface area contributed by atoms with Gasteiger partial charge in [-0.25, -0.2) is 0 Å². The third kappa shape index (κ3) is 3.51. The fourth-order valence-electron chi connectivity index (χ4n) is 1.91. The van der Waals surface area contributed by atoms with Gasteiger partial charge in [0.2, 0.25) is 0 Å². The highest BCUT2D eigenvalue weighted by atomic mass is 79.9. The van der Waals surface area contributed by atoms with Gasteiger partial charge in [0.05, 0.1) is 18.8 Å². The Bertz CT molecular complexity index is 553. The minimum Gasteiger partial charge on any atom is -0.495 e. The number of hydrogen-bond acceptors (Lipinski definition) is 3. The molecule has 0 bridgehead atoms. The average molecular weight is 340 g/mol. The number of methoxy groups -OCH3 is 1. The molecule has 1 unspecified atom stereocenters. The van der Waals surface area contributed by atoms with Crippen molar-refractivity contribution in [3.63, 3.8) is 0 Å². The molecule has 0 saturated carbocycles. The second kappa shape index (κ2) is 6.44. The van der Waals surface area contributed by atoms with Crippen LogP contribution in [0, 0.1) is 0 Å². The Balaban J connectivity index is 2.18. The van der Waals surface area contributed by atoms with Gasteiger partial charge in [-0.15, -0.1) is 11.3 Å². The Morgan fingerprint density at radius 1 is 1.32 bits per heavy atom. The van der Waals surface area contributed by atoms with Crippen molar-refractivity contribution in [2.45, 2.75) is 26.3 Å². The monoisotopic (exact) mass is 339 g/mol. The number of hydrogen-bond donors (Lipinski definition) is 1. The molecular weight excluding hydrogens is 322 g/mol. The van der Waals surface area contributed by atoms with Crippen molar-refractivity contribution in [2.75, 3.05) is 12.4 Å². The normalized spacial score (nSPS) is 12.2. The van der Waals surface area contributed by atoms with Crippen LogP contribution in [0.1, 0.15) is 29.6 Å². The summed E-state index contributed by atoms with van der Waals surface area (Å²) in [6, 6.07) is 10.7. The van der Waals surface area contributed by atoms with Crippen molar-refractivity contribution in [1.29, 1.82) is 0 Å². The summed E-state index contributed by atoms with van der Waals surface area (Å²) in [5.41, 5.74) is 1.01. The highest BCUT2D eigenvalue weighted by molar-refractivity contribution is 9.10. The lowest BCUT2D eigenvalue weighted by Crippen LogP contribution is -2.06. The number of anilines is 1. The molecule has 102 valence electrons. The van der Waals surface area contributed by atoms with Crippen LogP contribution in [-0.4, -0.2) is 7.11 Å². The number of nitrogens with one attached hydrogen (secondary N) is 1. The van der Waals surface area contributed by atoms with E-state index in [0.717, 1.165) is 22.3 Å². The first-order chi connectivity index (χ1) is 9.13. The second-order valence-corrected chi connectivity index (χ2v) is 6.48. The van der Waals surface area contributed by atoms with E-state index in [2.05, 4.69) is 47.2 Å². The lowest BCUT2D eigenvalue weighted by atomic mass is 10.2. The van der Waals surface area contributed by atoms with Crippen LogP contribution in [0.2, 0.25) is 0 Å². The van der Waals surface area contributed by atoms with Gasteiger partial charge >= 0.3 is 0 Å². The van der Waals surface area contributed by atoms with E-state index < -0.39 is 0 Å². The molecule has 2 aromatic rings. The highest BCUT2D eigenvalue weighted by Gasteiger charge is 2.11. The molecule has 1 aromatic heterocycles. The van der Waals surface area contributed by atoms with Crippen LogP contribution >= 0.6 is 27.3 Å². The van der Waals surface area contributed by atoms with Gasteiger partial charge in [-0.05, 0) is 43.7 Å². The number of ether oxygens (including phenoxy) is 1. The zero-order valence-electron chi connectivity index (χ0n) is 11.4. The number of halogens is 1. The molecule has 1 aromatic carbocycles. The van der Waals surface area contributed by atoms with Gasteiger partial charge in [0.1, 0.15) is 5.75 Å². The number of thiophene rings is 1. The van der Waals surface area contributed by atoms with E-state index in [-0.39, 0.29) is 6.04 Å². The first kappa shape index (κ1) is 14.4. The van der Waals surface area contributed by atoms with Gasteiger partial charge in [-0.3, -0.25) is 0 Å². The van der Waals surface area contributed by atoms with E-state index in [4.69, 9.17) is 4.74 Å². The Kier molecular flexibility index (Phi) is 4.88. The predicted molar refractivity (Wildman–Crippen MR) is 86.4 cm³/mol. The highest BCUT2D eigenvalue weighted by Crippen LogP contribution is 2.32. The minimum atomic E-state index is 0.272. The van der Waals surface area contributed by atoms with Gasteiger partial charge < -0.3 is 10.1 Å². The van der Waals surface area contributed by atoms with Crippen molar-refractivity contribution in [3.8, 4) is 5.75 Å². The molecule has 0 saturated heterocycles. The minimum absolute atomic E-state index is 0.272. The van der Waals surface area contributed by atoms with Gasteiger partial charge in [0, 0.05) is 14.2 Å². The summed E-state index contributed by atoms with van der Waals surface area (Å²) < 4.78 is 6.43. The fourth-order valence-corrected chi connectivity index (χ4v) is 3.23. The smallest absolute Gasteiger partial charge is 0.142 e. The summed E-state index contributed by atoms with van der Waals surface area (Å²) >= 11 is 5.36. The lowest BCUT2D eigenvalue weighted by molar-refractivity contribution is 0.416. The molecule has 0 fully saturated rings. The number of aryl methyl sites for hydroxylation is 1. The first-order valence-electron chi connectivity index (χ1n) is 6.32. The molecular formula is C15H18BrNOS. The third-order valence-corrected chi connectivity index (χ3v) is 4.90. The van der Waals surface area contributed by atoms with Crippen LogP contribution in [-0.2, 0) is 6.42 Å². The summed E-state index contributed by atoms with van der Waals surface area (Å²) in [4.78, 5) is 2.77. The summed E-state index contributed by atoms with van der Waals surface area (Å²) in [7, 11) is 1.69. The Labute approximate surface area is 126 Å². The quantitative estimate of drug-likeness (QED) is 0.802. The van der Waals surface area contributed by atoms with Crippen LogP contribution < -0.4 is 10.1 Å². The third-order valence-electron chi connectivity index (χ3n) is 2.99. The van der Waals surface area contributed by atoms with Crippen LogP contribution in [0.5, 0.6) is 5.75 Å². The van der Waals surface area contributed by atoms with Crippen molar-refractivity contribution in [3.05, 3.63) is 44.6 Å². The maximum Gasteiger partial charge on any atom is 0.142 e. The van der Waals surface area contributed by atoms with Gasteiger partial charge in [-0.2, -0.15) is 0 Å².